The number of carbonyl (C=O) groups is 1. The van der Waals surface area contributed by atoms with Crippen LogP contribution in [-0.4, -0.2) is 41.0 Å². The van der Waals surface area contributed by atoms with Gasteiger partial charge in [-0.25, -0.2) is 9.97 Å². The minimum atomic E-state index is -0.0268. The first-order valence-electron chi connectivity index (χ1n) is 8.64. The lowest BCUT2D eigenvalue weighted by Crippen LogP contribution is -2.38. The third kappa shape index (κ3) is 4.47. The van der Waals surface area contributed by atoms with E-state index in [2.05, 4.69) is 22.2 Å². The average molecular weight is 340 g/mol. The Morgan fingerprint density at radius 2 is 1.92 bits per heavy atom. The Hall–Kier alpha value is -2.63. The van der Waals surface area contributed by atoms with Gasteiger partial charge in [-0.2, -0.15) is 0 Å². The van der Waals surface area contributed by atoms with E-state index < -0.39 is 0 Å². The number of piperidine rings is 1. The first-order valence-corrected chi connectivity index (χ1v) is 8.64. The lowest BCUT2D eigenvalue weighted by molar-refractivity contribution is 0.0691. The smallest absolute Gasteiger partial charge is 0.274 e. The second kappa shape index (κ2) is 7.96. The summed E-state index contributed by atoms with van der Waals surface area (Å²) in [6, 6.07) is 7.83. The summed E-state index contributed by atoms with van der Waals surface area (Å²) in [4.78, 5) is 22.9. The van der Waals surface area contributed by atoms with Crippen LogP contribution in [0.25, 0.3) is 0 Å². The molecule has 0 atom stereocenters. The van der Waals surface area contributed by atoms with E-state index in [0.29, 0.717) is 24.0 Å². The van der Waals surface area contributed by atoms with E-state index in [1.165, 1.54) is 0 Å². The average Bonchev–Trinajstić information content (AvgIpc) is 2.67. The highest BCUT2D eigenvalue weighted by Crippen LogP contribution is 2.18. The van der Waals surface area contributed by atoms with E-state index in [1.807, 2.05) is 29.2 Å². The van der Waals surface area contributed by atoms with Crippen LogP contribution in [0.4, 0.5) is 5.82 Å². The normalized spacial score (nSPS) is 15.0. The van der Waals surface area contributed by atoms with Gasteiger partial charge in [-0.15, -0.1) is 0 Å². The van der Waals surface area contributed by atoms with Crippen molar-refractivity contribution < 1.29 is 9.53 Å². The fraction of sp³-hybridized carbons (Fsp3) is 0.421. The standard InChI is InChI=1S/C19H24N4O2/c1-14-7-9-23(10-8-14)19(24)17-12-22-18(13-20-17)21-11-15-3-5-16(25-2)6-4-15/h3-6,12-14H,7-11H2,1-2H3,(H,21,22). The van der Waals surface area contributed by atoms with Crippen LogP contribution >= 0.6 is 0 Å². The van der Waals surface area contributed by atoms with Crippen molar-refractivity contribution in [3.05, 3.63) is 47.9 Å². The van der Waals surface area contributed by atoms with Gasteiger partial charge in [-0.05, 0) is 36.5 Å². The summed E-state index contributed by atoms with van der Waals surface area (Å²) >= 11 is 0. The Morgan fingerprint density at radius 3 is 2.52 bits per heavy atom. The van der Waals surface area contributed by atoms with Crippen LogP contribution in [0.1, 0.15) is 35.8 Å². The number of rotatable bonds is 5. The number of nitrogens with zero attached hydrogens (tertiary/aromatic N) is 3. The fourth-order valence-electron chi connectivity index (χ4n) is 2.84. The zero-order chi connectivity index (χ0) is 17.6. The zero-order valence-corrected chi connectivity index (χ0v) is 14.7. The predicted octanol–water partition coefficient (Wildman–Crippen LogP) is 2.97. The molecule has 1 N–H and O–H groups in total. The van der Waals surface area contributed by atoms with Crippen LogP contribution < -0.4 is 10.1 Å². The number of anilines is 1. The number of methoxy groups -OCH3 is 1. The van der Waals surface area contributed by atoms with Crippen molar-refractivity contribution >= 4 is 11.7 Å². The number of benzene rings is 1. The maximum atomic E-state index is 12.4. The topological polar surface area (TPSA) is 67.3 Å². The van der Waals surface area contributed by atoms with E-state index in [0.717, 1.165) is 37.2 Å². The monoisotopic (exact) mass is 340 g/mol. The molecule has 1 aliphatic heterocycles. The number of nitrogens with one attached hydrogen (secondary N) is 1. The molecule has 0 bridgehead atoms. The summed E-state index contributed by atoms with van der Waals surface area (Å²) in [7, 11) is 1.65. The van der Waals surface area contributed by atoms with Gasteiger partial charge < -0.3 is 15.0 Å². The SMILES string of the molecule is COc1ccc(CNc2cnc(C(=O)N3CCC(C)CC3)cn2)cc1. The molecule has 0 unspecified atom stereocenters. The number of carbonyl (C=O) groups excluding carboxylic acids is 1. The molecule has 1 saturated heterocycles. The van der Waals surface area contributed by atoms with E-state index in [4.69, 9.17) is 4.74 Å². The highest BCUT2D eigenvalue weighted by molar-refractivity contribution is 5.92. The Balaban J connectivity index is 1.55. The van der Waals surface area contributed by atoms with Gasteiger partial charge in [0.1, 0.15) is 17.3 Å². The fourth-order valence-corrected chi connectivity index (χ4v) is 2.84. The molecule has 25 heavy (non-hydrogen) atoms. The van der Waals surface area contributed by atoms with Crippen molar-refractivity contribution in [2.75, 3.05) is 25.5 Å². The van der Waals surface area contributed by atoms with Crippen molar-refractivity contribution in [3.8, 4) is 5.75 Å². The van der Waals surface area contributed by atoms with Gasteiger partial charge in [-0.1, -0.05) is 19.1 Å². The molecular weight excluding hydrogens is 316 g/mol. The summed E-state index contributed by atoms with van der Waals surface area (Å²) in [5.41, 5.74) is 1.52. The summed E-state index contributed by atoms with van der Waals surface area (Å²) in [6.07, 6.45) is 5.28. The van der Waals surface area contributed by atoms with Gasteiger partial charge >= 0.3 is 0 Å². The highest BCUT2D eigenvalue weighted by atomic mass is 16.5. The molecular formula is C19H24N4O2. The third-order valence-corrected chi connectivity index (χ3v) is 4.57. The molecule has 1 aliphatic rings. The van der Waals surface area contributed by atoms with Crippen molar-refractivity contribution in [1.82, 2.24) is 14.9 Å². The molecule has 2 aromatic rings. The minimum Gasteiger partial charge on any atom is -0.497 e. The lowest BCUT2D eigenvalue weighted by Gasteiger charge is -2.29. The molecule has 6 nitrogen and oxygen atoms in total. The van der Waals surface area contributed by atoms with Gasteiger partial charge in [0.2, 0.25) is 0 Å². The van der Waals surface area contributed by atoms with E-state index in [9.17, 15) is 4.79 Å². The van der Waals surface area contributed by atoms with Gasteiger partial charge in [0.15, 0.2) is 0 Å². The number of aromatic nitrogens is 2. The zero-order valence-electron chi connectivity index (χ0n) is 14.7. The van der Waals surface area contributed by atoms with Gasteiger partial charge in [-0.3, -0.25) is 4.79 Å². The summed E-state index contributed by atoms with van der Waals surface area (Å²) < 4.78 is 5.14. The Morgan fingerprint density at radius 1 is 1.20 bits per heavy atom. The Labute approximate surface area is 148 Å². The summed E-state index contributed by atoms with van der Waals surface area (Å²) in [6.45, 7) is 4.47. The molecule has 132 valence electrons. The van der Waals surface area contributed by atoms with Crippen molar-refractivity contribution in [2.45, 2.75) is 26.3 Å². The van der Waals surface area contributed by atoms with Gasteiger partial charge in [0.05, 0.1) is 19.5 Å². The van der Waals surface area contributed by atoms with Gasteiger partial charge in [0, 0.05) is 19.6 Å². The number of hydrogen-bond donors (Lipinski definition) is 1. The highest BCUT2D eigenvalue weighted by Gasteiger charge is 2.22. The van der Waals surface area contributed by atoms with Crippen LogP contribution in [0.15, 0.2) is 36.7 Å². The second-order valence-corrected chi connectivity index (χ2v) is 6.46. The number of amides is 1. The van der Waals surface area contributed by atoms with E-state index in [-0.39, 0.29) is 5.91 Å². The first-order chi connectivity index (χ1) is 12.2. The van der Waals surface area contributed by atoms with Crippen molar-refractivity contribution in [1.29, 1.82) is 0 Å². The van der Waals surface area contributed by atoms with Crippen molar-refractivity contribution in [2.24, 2.45) is 5.92 Å². The van der Waals surface area contributed by atoms with Crippen LogP contribution in [0.2, 0.25) is 0 Å². The molecule has 1 aromatic carbocycles. The molecule has 6 heteroatoms. The molecule has 0 saturated carbocycles. The number of likely N-dealkylation sites (tertiary alicyclic amines) is 1. The Kier molecular flexibility index (Phi) is 5.48. The molecule has 0 spiro atoms. The van der Waals surface area contributed by atoms with Crippen LogP contribution in [0.3, 0.4) is 0 Å². The van der Waals surface area contributed by atoms with Crippen LogP contribution in [-0.2, 0) is 6.54 Å². The minimum absolute atomic E-state index is 0.0268. The van der Waals surface area contributed by atoms with Gasteiger partial charge in [0.25, 0.3) is 5.91 Å². The molecule has 0 radical (unpaired) electrons. The predicted molar refractivity (Wildman–Crippen MR) is 96.7 cm³/mol. The maximum absolute atomic E-state index is 12.4. The largest absolute Gasteiger partial charge is 0.497 e. The quantitative estimate of drug-likeness (QED) is 0.906. The van der Waals surface area contributed by atoms with Crippen LogP contribution in [0, 0.1) is 5.92 Å². The molecule has 1 fully saturated rings. The lowest BCUT2D eigenvalue weighted by atomic mass is 9.99. The second-order valence-electron chi connectivity index (χ2n) is 6.46. The summed E-state index contributed by atoms with van der Waals surface area (Å²) in [5, 5.41) is 3.21. The first kappa shape index (κ1) is 17.2. The molecule has 3 rings (SSSR count). The Bertz CT molecular complexity index is 692. The number of ether oxygens (including phenoxy) is 1. The third-order valence-electron chi connectivity index (χ3n) is 4.57. The van der Waals surface area contributed by atoms with E-state index >= 15 is 0 Å². The summed E-state index contributed by atoms with van der Waals surface area (Å²) in [5.74, 6) is 2.15. The van der Waals surface area contributed by atoms with E-state index in [1.54, 1.807) is 19.5 Å². The van der Waals surface area contributed by atoms with Crippen LogP contribution in [0.5, 0.6) is 5.75 Å². The number of hydrogen-bond acceptors (Lipinski definition) is 5. The molecule has 1 aromatic heterocycles. The molecule has 1 amide bonds. The maximum Gasteiger partial charge on any atom is 0.274 e. The molecule has 2 heterocycles. The van der Waals surface area contributed by atoms with Crippen molar-refractivity contribution in [3.63, 3.8) is 0 Å². The molecule has 0 aliphatic carbocycles.